The summed E-state index contributed by atoms with van der Waals surface area (Å²) in [5.41, 5.74) is 23.7. The number of nitrogens with two attached hydrogens (primary N) is 1. The van der Waals surface area contributed by atoms with Crippen LogP contribution in [0, 0.1) is 0 Å². The zero-order valence-electron chi connectivity index (χ0n) is 30.8. The van der Waals surface area contributed by atoms with E-state index in [1.165, 1.54) is 50.3 Å². The van der Waals surface area contributed by atoms with Crippen LogP contribution in [0.25, 0.3) is 28.0 Å². The summed E-state index contributed by atoms with van der Waals surface area (Å²) in [4.78, 5) is 7.41. The molecule has 1 aliphatic heterocycles. The maximum absolute atomic E-state index is 6.74. The molecule has 1 heterocycles. The average molecular weight is 718 g/mol. The number of hydrogen-bond donors (Lipinski definition) is 1. The van der Waals surface area contributed by atoms with Crippen LogP contribution >= 0.6 is 0 Å². The molecule has 0 saturated heterocycles. The predicted octanol–water partition coefficient (Wildman–Crippen LogP) is 12.7. The number of fused-ring (bicyclic) bond motifs is 9. The Morgan fingerprint density at radius 1 is 0.500 bits per heavy atom. The fourth-order valence-corrected chi connectivity index (χ4v) is 8.81. The summed E-state index contributed by atoms with van der Waals surface area (Å²) in [6.45, 7) is 0. The Kier molecular flexibility index (Phi) is 8.36. The third kappa shape index (κ3) is 5.52. The van der Waals surface area contributed by atoms with E-state index in [1.54, 1.807) is 0 Å². The lowest BCUT2D eigenvalue weighted by Gasteiger charge is -2.45. The van der Waals surface area contributed by atoms with E-state index in [0.717, 1.165) is 33.6 Å². The van der Waals surface area contributed by atoms with Crippen molar-refractivity contribution in [2.75, 3.05) is 4.90 Å². The molecule has 2 aliphatic rings. The van der Waals surface area contributed by atoms with Crippen LogP contribution in [0.15, 0.2) is 217 Å². The Hall–Kier alpha value is -7.07. The minimum Gasteiger partial charge on any atom is -0.321 e. The SMILES string of the molecule is NC(/C=C(\N=C\c1ccccc1)c1ccc(-c2ccc3c(c2)C2(c4ccccc4-3)c3ccccc3N(c3ccccc3)c3ccccc32)cc1)c1ccccc1. The lowest BCUT2D eigenvalue weighted by molar-refractivity contribution is 0.753. The van der Waals surface area contributed by atoms with E-state index < -0.39 is 5.41 Å². The second-order valence-corrected chi connectivity index (χ2v) is 14.5. The summed E-state index contributed by atoms with van der Waals surface area (Å²) in [6, 6.07) is 73.5. The van der Waals surface area contributed by atoms with Crippen molar-refractivity contribution in [1.82, 2.24) is 0 Å². The Balaban J connectivity index is 1.11. The molecule has 0 bridgehead atoms. The van der Waals surface area contributed by atoms with Crippen molar-refractivity contribution in [3.8, 4) is 22.3 Å². The van der Waals surface area contributed by atoms with Crippen molar-refractivity contribution >= 4 is 29.0 Å². The zero-order chi connectivity index (χ0) is 37.5. The van der Waals surface area contributed by atoms with E-state index in [1.807, 2.05) is 42.6 Å². The van der Waals surface area contributed by atoms with E-state index in [9.17, 15) is 0 Å². The van der Waals surface area contributed by atoms with Crippen molar-refractivity contribution < 1.29 is 0 Å². The van der Waals surface area contributed by atoms with Crippen molar-refractivity contribution in [2.45, 2.75) is 11.5 Å². The van der Waals surface area contributed by atoms with Crippen LogP contribution in [0.1, 0.15) is 45.0 Å². The maximum atomic E-state index is 6.74. The number of aliphatic imine (C=N–C) groups is 1. The van der Waals surface area contributed by atoms with Crippen LogP contribution in [0.3, 0.4) is 0 Å². The van der Waals surface area contributed by atoms with Crippen molar-refractivity contribution in [3.63, 3.8) is 0 Å². The Labute approximate surface area is 328 Å². The lowest BCUT2D eigenvalue weighted by atomic mass is 9.64. The maximum Gasteiger partial charge on any atom is 0.0754 e. The number of rotatable bonds is 7. The second-order valence-electron chi connectivity index (χ2n) is 14.5. The summed E-state index contributed by atoms with van der Waals surface area (Å²) < 4.78 is 0. The van der Waals surface area contributed by atoms with Gasteiger partial charge in [-0.05, 0) is 97.6 Å². The minimum absolute atomic E-state index is 0.299. The minimum atomic E-state index is -0.504. The monoisotopic (exact) mass is 717 g/mol. The van der Waals surface area contributed by atoms with Gasteiger partial charge in [-0.25, -0.2) is 0 Å². The van der Waals surface area contributed by atoms with Crippen molar-refractivity contribution in [1.29, 1.82) is 0 Å². The lowest BCUT2D eigenvalue weighted by Crippen LogP contribution is -2.36. The highest BCUT2D eigenvalue weighted by Gasteiger charge is 2.51. The second kappa shape index (κ2) is 14.0. The van der Waals surface area contributed by atoms with Gasteiger partial charge in [-0.1, -0.05) is 176 Å². The van der Waals surface area contributed by atoms with Crippen LogP contribution in [0.2, 0.25) is 0 Å². The molecule has 8 aromatic rings. The highest BCUT2D eigenvalue weighted by Crippen LogP contribution is 2.63. The van der Waals surface area contributed by atoms with E-state index >= 15 is 0 Å². The van der Waals surface area contributed by atoms with E-state index in [0.29, 0.717) is 0 Å². The van der Waals surface area contributed by atoms with Crippen LogP contribution in [-0.2, 0) is 5.41 Å². The van der Waals surface area contributed by atoms with Gasteiger partial charge in [0.1, 0.15) is 0 Å². The van der Waals surface area contributed by atoms with Gasteiger partial charge in [0.2, 0.25) is 0 Å². The molecule has 1 aliphatic carbocycles. The molecule has 0 amide bonds. The van der Waals surface area contributed by atoms with Gasteiger partial charge in [0.05, 0.1) is 28.5 Å². The molecular formula is C53H39N3. The standard InChI is InChI=1S/C53H39N3/c54-49(39-18-6-2-7-19-39)35-50(55-36-37-16-4-1-5-17-37)40-30-28-38(29-31-40)41-32-33-44-43-22-10-11-23-45(43)53(48(44)34-41)46-24-12-14-26-51(46)56(42-20-8-3-9-21-42)52-27-15-13-25-47(52)53/h1-36,49H,54H2/b50-35-,55-36+. The van der Waals surface area contributed by atoms with Gasteiger partial charge in [-0.3, -0.25) is 4.99 Å². The largest absolute Gasteiger partial charge is 0.321 e. The predicted molar refractivity (Wildman–Crippen MR) is 233 cm³/mol. The van der Waals surface area contributed by atoms with Crippen LogP contribution in [0.4, 0.5) is 17.1 Å². The molecule has 1 atom stereocenters. The van der Waals surface area contributed by atoms with Gasteiger partial charge >= 0.3 is 0 Å². The van der Waals surface area contributed by atoms with Crippen LogP contribution in [0.5, 0.6) is 0 Å². The third-order valence-electron chi connectivity index (χ3n) is 11.3. The van der Waals surface area contributed by atoms with Gasteiger partial charge in [0.25, 0.3) is 0 Å². The van der Waals surface area contributed by atoms with Gasteiger partial charge in [-0.2, -0.15) is 0 Å². The van der Waals surface area contributed by atoms with Gasteiger partial charge < -0.3 is 10.6 Å². The molecule has 0 fully saturated rings. The molecule has 1 unspecified atom stereocenters. The molecule has 0 radical (unpaired) electrons. The molecule has 56 heavy (non-hydrogen) atoms. The Bertz CT molecular complexity index is 2700. The van der Waals surface area contributed by atoms with E-state index in [4.69, 9.17) is 10.7 Å². The molecule has 3 nitrogen and oxygen atoms in total. The first kappa shape index (κ1) is 33.5. The first-order valence-electron chi connectivity index (χ1n) is 19.2. The first-order valence-corrected chi connectivity index (χ1v) is 19.2. The molecule has 2 N–H and O–H groups in total. The Morgan fingerprint density at radius 2 is 1.04 bits per heavy atom. The summed E-state index contributed by atoms with van der Waals surface area (Å²) in [5.74, 6) is 0. The topological polar surface area (TPSA) is 41.6 Å². The Morgan fingerprint density at radius 3 is 1.71 bits per heavy atom. The van der Waals surface area contributed by atoms with Crippen molar-refractivity contribution in [3.05, 3.63) is 251 Å². The van der Waals surface area contributed by atoms with Gasteiger partial charge in [0, 0.05) is 11.9 Å². The van der Waals surface area contributed by atoms with Gasteiger partial charge in [0.15, 0.2) is 0 Å². The number of benzene rings is 8. The molecular weight excluding hydrogens is 679 g/mol. The average Bonchev–Trinajstić information content (AvgIpc) is 3.56. The first-order chi connectivity index (χ1) is 27.7. The molecule has 266 valence electrons. The number of nitrogens with zero attached hydrogens (tertiary/aromatic N) is 2. The quantitative estimate of drug-likeness (QED) is 0.167. The van der Waals surface area contributed by atoms with Crippen LogP contribution in [-0.4, -0.2) is 6.21 Å². The normalized spacial score (nSPS) is 14.2. The summed E-state index contributed by atoms with van der Waals surface area (Å²) >= 11 is 0. The van der Waals surface area contributed by atoms with E-state index in [-0.39, 0.29) is 6.04 Å². The number of para-hydroxylation sites is 3. The summed E-state index contributed by atoms with van der Waals surface area (Å²) in [7, 11) is 0. The highest BCUT2D eigenvalue weighted by atomic mass is 15.2. The van der Waals surface area contributed by atoms with Crippen molar-refractivity contribution in [2.24, 2.45) is 10.7 Å². The molecule has 0 saturated carbocycles. The molecule has 8 aromatic carbocycles. The summed E-state index contributed by atoms with van der Waals surface area (Å²) in [5, 5.41) is 0. The molecule has 0 aromatic heterocycles. The fraction of sp³-hybridized carbons (Fsp3) is 0.0377. The molecule has 3 heteroatoms. The number of hydrogen-bond acceptors (Lipinski definition) is 3. The van der Waals surface area contributed by atoms with Gasteiger partial charge in [-0.15, -0.1) is 0 Å². The number of anilines is 3. The zero-order valence-corrected chi connectivity index (χ0v) is 30.8. The van der Waals surface area contributed by atoms with E-state index in [2.05, 4.69) is 181 Å². The fourth-order valence-electron chi connectivity index (χ4n) is 8.81. The third-order valence-corrected chi connectivity index (χ3v) is 11.3. The molecule has 1 spiro atoms. The van der Waals surface area contributed by atoms with Crippen LogP contribution < -0.4 is 10.6 Å². The summed E-state index contributed by atoms with van der Waals surface area (Å²) in [6.07, 6.45) is 3.96. The smallest absolute Gasteiger partial charge is 0.0754 e. The molecule has 10 rings (SSSR count). The highest BCUT2D eigenvalue weighted by molar-refractivity contribution is 5.96.